The third-order valence-electron chi connectivity index (χ3n) is 4.99. The normalized spacial score (nSPS) is 22.9. The number of rotatable bonds is 6. The van der Waals surface area contributed by atoms with Gasteiger partial charge in [0.1, 0.15) is 6.73 Å². The van der Waals surface area contributed by atoms with Gasteiger partial charge >= 0.3 is 0 Å². The molecule has 134 valence electrons. The van der Waals surface area contributed by atoms with Crippen LogP contribution in [0.15, 0.2) is 41.0 Å². The van der Waals surface area contributed by atoms with Crippen molar-refractivity contribution in [1.29, 1.82) is 0 Å². The van der Waals surface area contributed by atoms with E-state index in [-0.39, 0.29) is 11.6 Å². The molecule has 3 nitrogen and oxygen atoms in total. The molecular formula is C20H30BrNO2. The molecule has 0 fully saturated rings. The summed E-state index contributed by atoms with van der Waals surface area (Å²) < 4.78 is 7.41. The minimum atomic E-state index is -0.666. The predicted octanol–water partition coefficient (Wildman–Crippen LogP) is 5.26. The zero-order valence-corrected chi connectivity index (χ0v) is 17.0. The molecule has 4 heteroatoms. The van der Waals surface area contributed by atoms with Gasteiger partial charge in [-0.2, -0.15) is 0 Å². The fourth-order valence-electron chi connectivity index (χ4n) is 2.99. The van der Waals surface area contributed by atoms with E-state index in [9.17, 15) is 5.11 Å². The maximum absolute atomic E-state index is 10.1. The van der Waals surface area contributed by atoms with Crippen LogP contribution in [-0.2, 0) is 4.74 Å². The van der Waals surface area contributed by atoms with Gasteiger partial charge in [-0.15, -0.1) is 0 Å². The van der Waals surface area contributed by atoms with Gasteiger partial charge in [-0.25, -0.2) is 0 Å². The number of halogens is 1. The molecule has 1 aliphatic rings. The van der Waals surface area contributed by atoms with E-state index in [4.69, 9.17) is 4.74 Å². The quantitative estimate of drug-likeness (QED) is 0.712. The second-order valence-electron chi connectivity index (χ2n) is 7.75. The highest BCUT2D eigenvalue weighted by atomic mass is 79.9. The van der Waals surface area contributed by atoms with Crippen LogP contribution in [0.2, 0.25) is 0 Å². The summed E-state index contributed by atoms with van der Waals surface area (Å²) >= 11 is 3.48. The second-order valence-corrected chi connectivity index (χ2v) is 8.67. The van der Waals surface area contributed by atoms with Crippen LogP contribution in [0, 0.1) is 5.92 Å². The molecule has 2 rings (SSSR count). The van der Waals surface area contributed by atoms with Crippen molar-refractivity contribution in [1.82, 2.24) is 4.90 Å². The average Bonchev–Trinajstić information content (AvgIpc) is 2.52. The van der Waals surface area contributed by atoms with E-state index in [1.54, 1.807) is 0 Å². The smallest absolute Gasteiger partial charge is 0.120 e. The lowest BCUT2D eigenvalue weighted by atomic mass is 9.82. The minimum Gasteiger partial charge on any atom is -0.390 e. The van der Waals surface area contributed by atoms with Gasteiger partial charge in [-0.05, 0) is 63.3 Å². The number of benzene rings is 1. The molecule has 0 bridgehead atoms. The minimum absolute atomic E-state index is 0.258. The first-order valence-corrected chi connectivity index (χ1v) is 9.49. The van der Waals surface area contributed by atoms with Gasteiger partial charge in [0.15, 0.2) is 0 Å². The van der Waals surface area contributed by atoms with Crippen molar-refractivity contribution < 1.29 is 9.84 Å². The standard InChI is InChI=1S/C20H30BrNO2/c1-15(2)20(11-10-19(4,5)23)12-13-22(14-24-20)16(3)17-6-8-18(21)9-7-17/h6-9,12-13,15-16,23H,10-11,14H2,1-5H3/t16-,20?/m0/s1. The molecule has 0 saturated heterocycles. The summed E-state index contributed by atoms with van der Waals surface area (Å²) in [6.45, 7) is 10.8. The van der Waals surface area contributed by atoms with Crippen molar-refractivity contribution in [2.45, 2.75) is 64.7 Å². The molecule has 1 aliphatic heterocycles. The van der Waals surface area contributed by atoms with Gasteiger partial charge < -0.3 is 14.7 Å². The fourth-order valence-corrected chi connectivity index (χ4v) is 3.25. The van der Waals surface area contributed by atoms with Gasteiger partial charge in [-0.1, -0.05) is 41.9 Å². The van der Waals surface area contributed by atoms with E-state index >= 15 is 0 Å². The monoisotopic (exact) mass is 395 g/mol. The Morgan fingerprint density at radius 1 is 1.25 bits per heavy atom. The van der Waals surface area contributed by atoms with Crippen LogP contribution in [0.3, 0.4) is 0 Å². The van der Waals surface area contributed by atoms with Gasteiger partial charge in [0.2, 0.25) is 0 Å². The van der Waals surface area contributed by atoms with Gasteiger partial charge in [0, 0.05) is 10.7 Å². The highest BCUT2D eigenvalue weighted by Crippen LogP contribution is 2.36. The molecule has 0 radical (unpaired) electrons. The molecule has 1 aromatic carbocycles. The zero-order valence-electron chi connectivity index (χ0n) is 15.4. The summed E-state index contributed by atoms with van der Waals surface area (Å²) in [5.41, 5.74) is 0.302. The van der Waals surface area contributed by atoms with E-state index in [1.165, 1.54) is 5.56 Å². The molecular weight excluding hydrogens is 366 g/mol. The lowest BCUT2D eigenvalue weighted by molar-refractivity contribution is -0.113. The molecule has 0 saturated carbocycles. The Morgan fingerprint density at radius 2 is 1.88 bits per heavy atom. The Morgan fingerprint density at radius 3 is 2.33 bits per heavy atom. The maximum atomic E-state index is 10.1. The molecule has 1 heterocycles. The van der Waals surface area contributed by atoms with E-state index in [1.807, 2.05) is 13.8 Å². The van der Waals surface area contributed by atoms with Gasteiger partial charge in [0.25, 0.3) is 0 Å². The molecule has 24 heavy (non-hydrogen) atoms. The Labute approximate surface area is 154 Å². The molecule has 1 N–H and O–H groups in total. The van der Waals surface area contributed by atoms with E-state index in [0.717, 1.165) is 17.3 Å². The van der Waals surface area contributed by atoms with E-state index < -0.39 is 5.60 Å². The Balaban J connectivity index is 2.10. The third-order valence-corrected chi connectivity index (χ3v) is 5.51. The lowest BCUT2D eigenvalue weighted by Gasteiger charge is -2.43. The predicted molar refractivity (Wildman–Crippen MR) is 103 cm³/mol. The topological polar surface area (TPSA) is 32.7 Å². The number of hydrogen-bond donors (Lipinski definition) is 1. The van der Waals surface area contributed by atoms with Crippen LogP contribution < -0.4 is 0 Å². The molecule has 0 aliphatic carbocycles. The average molecular weight is 396 g/mol. The van der Waals surface area contributed by atoms with Crippen LogP contribution in [-0.4, -0.2) is 27.9 Å². The first-order valence-electron chi connectivity index (χ1n) is 8.70. The third kappa shape index (κ3) is 4.84. The van der Waals surface area contributed by atoms with Crippen molar-refractivity contribution in [2.75, 3.05) is 6.73 Å². The van der Waals surface area contributed by atoms with Crippen molar-refractivity contribution >= 4 is 15.9 Å². The summed E-state index contributed by atoms with van der Waals surface area (Å²) in [6, 6.07) is 8.68. The number of nitrogens with zero attached hydrogens (tertiary/aromatic N) is 1. The summed E-state index contributed by atoms with van der Waals surface area (Å²) in [5, 5.41) is 10.1. The van der Waals surface area contributed by atoms with Gasteiger partial charge in [-0.3, -0.25) is 0 Å². The molecule has 0 amide bonds. The Kier molecular flexibility index (Phi) is 6.16. The van der Waals surface area contributed by atoms with Crippen molar-refractivity contribution in [3.05, 3.63) is 46.6 Å². The Hall–Kier alpha value is -0.840. The highest BCUT2D eigenvalue weighted by Gasteiger charge is 2.37. The number of aliphatic hydroxyl groups is 1. The molecule has 2 atom stereocenters. The van der Waals surface area contributed by atoms with Gasteiger partial charge in [0.05, 0.1) is 17.2 Å². The maximum Gasteiger partial charge on any atom is 0.120 e. The zero-order chi connectivity index (χ0) is 18.0. The number of hydrogen-bond acceptors (Lipinski definition) is 3. The largest absolute Gasteiger partial charge is 0.390 e. The molecule has 0 spiro atoms. The first-order chi connectivity index (χ1) is 11.1. The summed E-state index contributed by atoms with van der Waals surface area (Å²) in [4.78, 5) is 2.22. The van der Waals surface area contributed by atoms with Crippen molar-refractivity contribution in [3.8, 4) is 0 Å². The molecule has 0 aromatic heterocycles. The molecule has 1 unspecified atom stereocenters. The molecule has 1 aromatic rings. The van der Waals surface area contributed by atoms with E-state index in [0.29, 0.717) is 12.6 Å². The first kappa shape index (κ1) is 19.5. The summed E-state index contributed by atoms with van der Waals surface area (Å²) in [5.74, 6) is 0.362. The number of ether oxygens (including phenoxy) is 1. The SMILES string of the molecule is CC(C)C1(CCC(C)(C)O)C=CN([C@@H](C)c2ccc(Br)cc2)CO1. The van der Waals surface area contributed by atoms with Crippen LogP contribution in [0.5, 0.6) is 0 Å². The van der Waals surface area contributed by atoms with Crippen LogP contribution in [0.1, 0.15) is 59.1 Å². The van der Waals surface area contributed by atoms with Crippen LogP contribution in [0.4, 0.5) is 0 Å². The van der Waals surface area contributed by atoms with Crippen molar-refractivity contribution in [2.24, 2.45) is 5.92 Å². The van der Waals surface area contributed by atoms with Crippen molar-refractivity contribution in [3.63, 3.8) is 0 Å². The lowest BCUT2D eigenvalue weighted by Crippen LogP contribution is -2.45. The fraction of sp³-hybridized carbons (Fsp3) is 0.600. The highest BCUT2D eigenvalue weighted by molar-refractivity contribution is 9.10. The van der Waals surface area contributed by atoms with Crippen LogP contribution in [0.25, 0.3) is 0 Å². The van der Waals surface area contributed by atoms with Crippen LogP contribution >= 0.6 is 15.9 Å². The summed E-state index contributed by atoms with van der Waals surface area (Å²) in [7, 11) is 0. The van der Waals surface area contributed by atoms with E-state index in [2.05, 4.69) is 78.1 Å². The Bertz CT molecular complexity index is 562. The summed E-state index contributed by atoms with van der Waals surface area (Å²) in [6.07, 6.45) is 5.89. The second kappa shape index (κ2) is 7.59.